The molecule has 3 fully saturated rings. The molecule has 0 aromatic rings. The SMILES string of the molecule is CC1CCCC(OCC(O)CNC2CC3CCC2C3)C1. The van der Waals surface area contributed by atoms with E-state index >= 15 is 0 Å². The molecule has 0 spiro atoms. The summed E-state index contributed by atoms with van der Waals surface area (Å²) in [6.45, 7) is 3.52. The molecule has 0 aromatic carbocycles. The Balaban J connectivity index is 1.30. The highest BCUT2D eigenvalue weighted by Gasteiger charge is 2.39. The Morgan fingerprint density at radius 2 is 2.05 bits per heavy atom. The van der Waals surface area contributed by atoms with Crippen molar-refractivity contribution < 1.29 is 9.84 Å². The lowest BCUT2D eigenvalue weighted by molar-refractivity contribution is -0.0315. The van der Waals surface area contributed by atoms with Gasteiger partial charge in [-0.1, -0.05) is 26.2 Å². The minimum atomic E-state index is -0.341. The Morgan fingerprint density at radius 3 is 2.75 bits per heavy atom. The Hall–Kier alpha value is -0.120. The number of rotatable bonds is 6. The van der Waals surface area contributed by atoms with Crippen LogP contribution in [0.3, 0.4) is 0 Å². The molecule has 2 bridgehead atoms. The Morgan fingerprint density at radius 1 is 1.15 bits per heavy atom. The van der Waals surface area contributed by atoms with E-state index in [1.807, 2.05) is 0 Å². The normalized spacial score (nSPS) is 42.0. The van der Waals surface area contributed by atoms with Crippen molar-refractivity contribution in [2.24, 2.45) is 17.8 Å². The third-order valence-electron chi connectivity index (χ3n) is 5.77. The third kappa shape index (κ3) is 3.75. The van der Waals surface area contributed by atoms with Crippen molar-refractivity contribution in [3.8, 4) is 0 Å². The van der Waals surface area contributed by atoms with E-state index in [1.54, 1.807) is 0 Å². The molecule has 3 nitrogen and oxygen atoms in total. The average Bonchev–Trinajstić information content (AvgIpc) is 3.05. The zero-order valence-electron chi connectivity index (χ0n) is 12.9. The number of hydrogen-bond donors (Lipinski definition) is 2. The van der Waals surface area contributed by atoms with Crippen molar-refractivity contribution in [2.75, 3.05) is 13.2 Å². The minimum Gasteiger partial charge on any atom is -0.389 e. The van der Waals surface area contributed by atoms with Crippen molar-refractivity contribution in [1.82, 2.24) is 5.32 Å². The maximum atomic E-state index is 10.1. The molecule has 0 heterocycles. The maximum absolute atomic E-state index is 10.1. The van der Waals surface area contributed by atoms with Gasteiger partial charge in [-0.3, -0.25) is 0 Å². The summed E-state index contributed by atoms with van der Waals surface area (Å²) in [5, 5.41) is 13.7. The number of hydrogen-bond acceptors (Lipinski definition) is 3. The smallest absolute Gasteiger partial charge is 0.0897 e. The topological polar surface area (TPSA) is 41.5 Å². The van der Waals surface area contributed by atoms with E-state index in [0.29, 0.717) is 25.3 Å². The van der Waals surface area contributed by atoms with Gasteiger partial charge in [-0.2, -0.15) is 0 Å². The van der Waals surface area contributed by atoms with E-state index in [9.17, 15) is 5.11 Å². The van der Waals surface area contributed by atoms with Gasteiger partial charge in [0.05, 0.1) is 18.8 Å². The minimum absolute atomic E-state index is 0.341. The first-order chi connectivity index (χ1) is 9.70. The molecule has 6 atom stereocenters. The van der Waals surface area contributed by atoms with E-state index in [-0.39, 0.29) is 6.10 Å². The van der Waals surface area contributed by atoms with Gasteiger partial charge in [-0.05, 0) is 49.9 Å². The second kappa shape index (κ2) is 6.76. The second-order valence-corrected chi connectivity index (χ2v) is 7.57. The van der Waals surface area contributed by atoms with Crippen LogP contribution in [0.4, 0.5) is 0 Å². The lowest BCUT2D eigenvalue weighted by atomic mass is 9.89. The number of nitrogens with one attached hydrogen (secondary N) is 1. The van der Waals surface area contributed by atoms with Crippen molar-refractivity contribution >= 4 is 0 Å². The summed E-state index contributed by atoms with van der Waals surface area (Å²) in [5.74, 6) is 2.64. The zero-order valence-corrected chi connectivity index (χ0v) is 12.9. The van der Waals surface area contributed by atoms with Crippen LogP contribution >= 0.6 is 0 Å². The molecule has 3 rings (SSSR count). The van der Waals surface area contributed by atoms with Crippen LogP contribution in [0.2, 0.25) is 0 Å². The Kier molecular flexibility index (Phi) is 5.00. The van der Waals surface area contributed by atoms with E-state index in [0.717, 1.165) is 17.8 Å². The van der Waals surface area contributed by atoms with Gasteiger partial charge >= 0.3 is 0 Å². The predicted octanol–water partition coefficient (Wildman–Crippen LogP) is 2.72. The van der Waals surface area contributed by atoms with Gasteiger partial charge in [-0.15, -0.1) is 0 Å². The quantitative estimate of drug-likeness (QED) is 0.786. The van der Waals surface area contributed by atoms with Crippen LogP contribution in [0.1, 0.15) is 58.3 Å². The molecule has 3 aliphatic rings. The molecule has 20 heavy (non-hydrogen) atoms. The molecule has 2 N–H and O–H groups in total. The molecule has 3 aliphatic carbocycles. The average molecular weight is 281 g/mol. The summed E-state index contributed by atoms with van der Waals surface area (Å²) in [5.41, 5.74) is 0. The molecule has 6 unspecified atom stereocenters. The summed E-state index contributed by atoms with van der Waals surface area (Å²) < 4.78 is 5.90. The van der Waals surface area contributed by atoms with Gasteiger partial charge in [-0.25, -0.2) is 0 Å². The molecule has 3 saturated carbocycles. The van der Waals surface area contributed by atoms with Gasteiger partial charge in [0.2, 0.25) is 0 Å². The Labute approximate surface area is 123 Å². The molecule has 3 heteroatoms. The standard InChI is InChI=1S/C17H31NO2/c1-12-3-2-4-16(7-12)20-11-15(19)10-18-17-9-13-5-6-14(17)8-13/h12-19H,2-11H2,1H3. The first kappa shape index (κ1) is 14.8. The van der Waals surface area contributed by atoms with Gasteiger partial charge < -0.3 is 15.2 Å². The van der Waals surface area contributed by atoms with Gasteiger partial charge in [0.25, 0.3) is 0 Å². The molecular weight excluding hydrogens is 250 g/mol. The first-order valence-corrected chi connectivity index (χ1v) is 8.73. The van der Waals surface area contributed by atoms with Crippen molar-refractivity contribution in [3.05, 3.63) is 0 Å². The monoisotopic (exact) mass is 281 g/mol. The highest BCUT2D eigenvalue weighted by molar-refractivity contribution is 4.94. The van der Waals surface area contributed by atoms with E-state index in [1.165, 1.54) is 51.4 Å². The van der Waals surface area contributed by atoms with E-state index < -0.39 is 0 Å². The van der Waals surface area contributed by atoms with Gasteiger partial charge in [0.15, 0.2) is 0 Å². The second-order valence-electron chi connectivity index (χ2n) is 7.57. The molecule has 0 radical (unpaired) electrons. The summed E-state index contributed by atoms with van der Waals surface area (Å²) >= 11 is 0. The maximum Gasteiger partial charge on any atom is 0.0897 e. The van der Waals surface area contributed by atoms with Crippen molar-refractivity contribution in [1.29, 1.82) is 0 Å². The highest BCUT2D eigenvalue weighted by Crippen LogP contribution is 2.44. The first-order valence-electron chi connectivity index (χ1n) is 8.73. The van der Waals surface area contributed by atoms with Crippen LogP contribution in [0.5, 0.6) is 0 Å². The van der Waals surface area contributed by atoms with E-state index in [4.69, 9.17) is 4.74 Å². The fourth-order valence-corrected chi connectivity index (χ4v) is 4.62. The molecular formula is C17H31NO2. The third-order valence-corrected chi connectivity index (χ3v) is 5.77. The summed E-state index contributed by atoms with van der Waals surface area (Å²) in [6.07, 6.45) is 10.6. The zero-order chi connectivity index (χ0) is 13.9. The van der Waals surface area contributed by atoms with Crippen molar-refractivity contribution in [3.63, 3.8) is 0 Å². The lowest BCUT2D eigenvalue weighted by Crippen LogP contribution is -2.40. The summed E-state index contributed by atoms with van der Waals surface area (Å²) in [4.78, 5) is 0. The van der Waals surface area contributed by atoms with Crippen LogP contribution in [-0.2, 0) is 4.74 Å². The Bertz CT molecular complexity index is 309. The number of aliphatic hydroxyl groups is 1. The number of fused-ring (bicyclic) bond motifs is 2. The number of aliphatic hydroxyl groups excluding tert-OH is 1. The van der Waals surface area contributed by atoms with Crippen LogP contribution in [0.15, 0.2) is 0 Å². The fourth-order valence-electron chi connectivity index (χ4n) is 4.62. The van der Waals surface area contributed by atoms with Crippen molar-refractivity contribution in [2.45, 2.75) is 76.5 Å². The predicted molar refractivity (Wildman–Crippen MR) is 80.6 cm³/mol. The molecule has 0 saturated heterocycles. The molecule has 0 aliphatic heterocycles. The van der Waals surface area contributed by atoms with Gasteiger partial charge in [0.1, 0.15) is 0 Å². The van der Waals surface area contributed by atoms with Crippen LogP contribution in [0, 0.1) is 17.8 Å². The van der Waals surface area contributed by atoms with Gasteiger partial charge in [0, 0.05) is 12.6 Å². The molecule has 0 amide bonds. The summed E-state index contributed by atoms with van der Waals surface area (Å²) in [7, 11) is 0. The van der Waals surface area contributed by atoms with Crippen LogP contribution < -0.4 is 5.32 Å². The number of ether oxygens (including phenoxy) is 1. The highest BCUT2D eigenvalue weighted by atomic mass is 16.5. The molecule has 116 valence electrons. The lowest BCUT2D eigenvalue weighted by Gasteiger charge is -2.28. The largest absolute Gasteiger partial charge is 0.389 e. The summed E-state index contributed by atoms with van der Waals surface area (Å²) in [6, 6.07) is 0.665. The molecule has 0 aromatic heterocycles. The fraction of sp³-hybridized carbons (Fsp3) is 1.00. The van der Waals surface area contributed by atoms with Crippen LogP contribution in [-0.4, -0.2) is 36.5 Å². The van der Waals surface area contributed by atoms with Crippen LogP contribution in [0.25, 0.3) is 0 Å². The van der Waals surface area contributed by atoms with E-state index in [2.05, 4.69) is 12.2 Å².